The molecular formula is C17H20ClN3O3S. The van der Waals surface area contributed by atoms with E-state index in [1.807, 2.05) is 11.8 Å². The van der Waals surface area contributed by atoms with Gasteiger partial charge in [-0.3, -0.25) is 0 Å². The fraction of sp³-hybridized carbons (Fsp3) is 0.353. The van der Waals surface area contributed by atoms with Crippen molar-refractivity contribution >= 4 is 27.4 Å². The lowest BCUT2D eigenvalue weighted by atomic mass is 10.3. The molecule has 25 heavy (non-hydrogen) atoms. The summed E-state index contributed by atoms with van der Waals surface area (Å²) in [5.41, 5.74) is 0. The molecule has 1 aliphatic rings. The van der Waals surface area contributed by atoms with Gasteiger partial charge in [-0.2, -0.15) is 4.31 Å². The molecule has 2 aromatic rings. The summed E-state index contributed by atoms with van der Waals surface area (Å²) in [6, 6.07) is 10.1. The van der Waals surface area contributed by atoms with Crippen molar-refractivity contribution in [1.29, 1.82) is 0 Å². The maximum absolute atomic E-state index is 12.8. The quantitative estimate of drug-likeness (QED) is 0.796. The topological polar surface area (TPSA) is 62.7 Å². The van der Waals surface area contributed by atoms with Gasteiger partial charge in [0.05, 0.1) is 16.5 Å². The molecule has 0 spiro atoms. The van der Waals surface area contributed by atoms with E-state index in [-0.39, 0.29) is 4.90 Å². The molecule has 3 rings (SSSR count). The summed E-state index contributed by atoms with van der Waals surface area (Å²) in [4.78, 5) is 6.57. The molecule has 1 fully saturated rings. The lowest BCUT2D eigenvalue weighted by Crippen LogP contribution is -2.49. The number of pyridine rings is 1. The van der Waals surface area contributed by atoms with E-state index < -0.39 is 10.0 Å². The molecule has 0 amide bonds. The minimum absolute atomic E-state index is 0.278. The molecule has 0 atom stereocenters. The number of sulfonamides is 1. The molecule has 8 heteroatoms. The van der Waals surface area contributed by atoms with Gasteiger partial charge in [0, 0.05) is 32.4 Å². The number of halogens is 1. The molecule has 134 valence electrons. The highest BCUT2D eigenvalue weighted by Crippen LogP contribution is 2.25. The lowest BCUT2D eigenvalue weighted by molar-refractivity contribution is 0.340. The van der Waals surface area contributed by atoms with Crippen LogP contribution in [0.2, 0.25) is 5.02 Å². The maximum Gasteiger partial charge on any atom is 0.243 e. The number of rotatable bonds is 5. The predicted octanol–water partition coefficient (Wildman–Crippen LogP) is 2.64. The fourth-order valence-electron chi connectivity index (χ4n) is 2.77. The third-order valence-electron chi connectivity index (χ3n) is 4.05. The standard InChI is InChI=1S/C17H20ClN3O3S/c1-2-24-14-5-7-15(8-6-14)25(22,23)21-12-10-20(11-13-21)17-16(18)4-3-9-19-17/h3-9H,2,10-13H2,1H3. The van der Waals surface area contributed by atoms with Crippen LogP contribution in [0.1, 0.15) is 6.92 Å². The Labute approximate surface area is 153 Å². The Morgan fingerprint density at radius 1 is 1.12 bits per heavy atom. The van der Waals surface area contributed by atoms with Gasteiger partial charge in [-0.1, -0.05) is 11.6 Å². The van der Waals surface area contributed by atoms with Crippen molar-refractivity contribution in [3.05, 3.63) is 47.6 Å². The van der Waals surface area contributed by atoms with Crippen LogP contribution in [0.15, 0.2) is 47.5 Å². The van der Waals surface area contributed by atoms with Crippen LogP contribution in [-0.4, -0.2) is 50.5 Å². The van der Waals surface area contributed by atoms with Crippen LogP contribution in [0, 0.1) is 0 Å². The molecule has 0 N–H and O–H groups in total. The molecule has 0 bridgehead atoms. The summed E-state index contributed by atoms with van der Waals surface area (Å²) in [5.74, 6) is 1.36. The van der Waals surface area contributed by atoms with Crippen molar-refractivity contribution in [2.75, 3.05) is 37.7 Å². The van der Waals surface area contributed by atoms with Crippen molar-refractivity contribution < 1.29 is 13.2 Å². The zero-order chi connectivity index (χ0) is 17.9. The first-order valence-electron chi connectivity index (χ1n) is 8.11. The average Bonchev–Trinajstić information content (AvgIpc) is 2.63. The molecule has 0 saturated carbocycles. The molecule has 6 nitrogen and oxygen atoms in total. The zero-order valence-electron chi connectivity index (χ0n) is 13.9. The molecule has 0 radical (unpaired) electrons. The van der Waals surface area contributed by atoms with Gasteiger partial charge in [0.2, 0.25) is 10.0 Å². The fourth-order valence-corrected chi connectivity index (χ4v) is 4.44. The monoisotopic (exact) mass is 381 g/mol. The van der Waals surface area contributed by atoms with Crippen molar-refractivity contribution in [2.24, 2.45) is 0 Å². The third-order valence-corrected chi connectivity index (χ3v) is 6.26. The molecule has 2 heterocycles. The van der Waals surface area contributed by atoms with E-state index in [0.29, 0.717) is 49.4 Å². The molecule has 1 aromatic carbocycles. The second-order valence-corrected chi connectivity index (χ2v) is 7.95. The number of hydrogen-bond donors (Lipinski definition) is 0. The number of nitrogens with zero attached hydrogens (tertiary/aromatic N) is 3. The van der Waals surface area contributed by atoms with E-state index in [9.17, 15) is 8.42 Å². The first-order valence-corrected chi connectivity index (χ1v) is 9.92. The van der Waals surface area contributed by atoms with Crippen LogP contribution >= 0.6 is 11.6 Å². The highest BCUT2D eigenvalue weighted by atomic mass is 35.5. The van der Waals surface area contributed by atoms with Crippen LogP contribution in [-0.2, 0) is 10.0 Å². The van der Waals surface area contributed by atoms with E-state index in [4.69, 9.17) is 16.3 Å². The highest BCUT2D eigenvalue weighted by Gasteiger charge is 2.29. The van der Waals surface area contributed by atoms with Crippen LogP contribution < -0.4 is 9.64 Å². The largest absolute Gasteiger partial charge is 0.494 e. The Balaban J connectivity index is 1.70. The predicted molar refractivity (Wildman–Crippen MR) is 97.8 cm³/mol. The summed E-state index contributed by atoms with van der Waals surface area (Å²) >= 11 is 6.17. The molecule has 1 aromatic heterocycles. The minimum atomic E-state index is -3.51. The summed E-state index contributed by atoms with van der Waals surface area (Å²) in [6.45, 7) is 4.31. The Bertz CT molecular complexity index is 819. The van der Waals surface area contributed by atoms with Gasteiger partial charge in [0.1, 0.15) is 11.6 Å². The third kappa shape index (κ3) is 3.89. The number of piperazine rings is 1. The van der Waals surface area contributed by atoms with Gasteiger partial charge in [-0.05, 0) is 43.3 Å². The number of hydrogen-bond acceptors (Lipinski definition) is 5. The van der Waals surface area contributed by atoms with Crippen LogP contribution in [0.3, 0.4) is 0 Å². The summed E-state index contributed by atoms with van der Waals surface area (Å²) in [6.07, 6.45) is 1.68. The second-order valence-electron chi connectivity index (χ2n) is 5.60. The van der Waals surface area contributed by atoms with Crippen molar-refractivity contribution in [2.45, 2.75) is 11.8 Å². The van der Waals surface area contributed by atoms with E-state index in [2.05, 4.69) is 4.98 Å². The lowest BCUT2D eigenvalue weighted by Gasteiger charge is -2.35. The zero-order valence-corrected chi connectivity index (χ0v) is 15.5. The molecule has 0 aliphatic carbocycles. The number of anilines is 1. The van der Waals surface area contributed by atoms with E-state index in [1.165, 1.54) is 4.31 Å². The van der Waals surface area contributed by atoms with Gasteiger partial charge < -0.3 is 9.64 Å². The first kappa shape index (κ1) is 18.0. The van der Waals surface area contributed by atoms with Crippen LogP contribution in [0.5, 0.6) is 5.75 Å². The van der Waals surface area contributed by atoms with E-state index in [0.717, 1.165) is 0 Å². The Hall–Kier alpha value is -1.83. The molecule has 1 aliphatic heterocycles. The van der Waals surface area contributed by atoms with Crippen LogP contribution in [0.4, 0.5) is 5.82 Å². The van der Waals surface area contributed by atoms with E-state index >= 15 is 0 Å². The average molecular weight is 382 g/mol. The number of aromatic nitrogens is 1. The summed E-state index contributed by atoms with van der Waals surface area (Å²) in [5, 5.41) is 0.574. The normalized spacial score (nSPS) is 16.0. The summed E-state index contributed by atoms with van der Waals surface area (Å²) in [7, 11) is -3.51. The Kier molecular flexibility index (Phi) is 5.46. The van der Waals surface area contributed by atoms with Gasteiger partial charge in [0.15, 0.2) is 0 Å². The van der Waals surface area contributed by atoms with E-state index in [1.54, 1.807) is 42.6 Å². The Morgan fingerprint density at radius 3 is 2.40 bits per heavy atom. The van der Waals surface area contributed by atoms with Crippen molar-refractivity contribution in [3.8, 4) is 5.75 Å². The van der Waals surface area contributed by atoms with Crippen molar-refractivity contribution in [1.82, 2.24) is 9.29 Å². The smallest absolute Gasteiger partial charge is 0.243 e. The number of ether oxygens (including phenoxy) is 1. The Morgan fingerprint density at radius 2 is 1.80 bits per heavy atom. The van der Waals surface area contributed by atoms with Crippen molar-refractivity contribution in [3.63, 3.8) is 0 Å². The van der Waals surface area contributed by atoms with Gasteiger partial charge in [-0.15, -0.1) is 0 Å². The minimum Gasteiger partial charge on any atom is -0.494 e. The first-order chi connectivity index (χ1) is 12.0. The summed E-state index contributed by atoms with van der Waals surface area (Å²) < 4.78 is 32.4. The maximum atomic E-state index is 12.8. The van der Waals surface area contributed by atoms with Gasteiger partial charge in [-0.25, -0.2) is 13.4 Å². The highest BCUT2D eigenvalue weighted by molar-refractivity contribution is 7.89. The van der Waals surface area contributed by atoms with Gasteiger partial charge >= 0.3 is 0 Å². The SMILES string of the molecule is CCOc1ccc(S(=O)(=O)N2CCN(c3ncccc3Cl)CC2)cc1. The number of benzene rings is 1. The van der Waals surface area contributed by atoms with Crippen LogP contribution in [0.25, 0.3) is 0 Å². The molecular weight excluding hydrogens is 362 g/mol. The second kappa shape index (κ2) is 7.59. The molecule has 1 saturated heterocycles. The van der Waals surface area contributed by atoms with Gasteiger partial charge in [0.25, 0.3) is 0 Å². The molecule has 0 unspecified atom stereocenters.